The summed E-state index contributed by atoms with van der Waals surface area (Å²) in [4.78, 5) is 19.5. The first-order valence-electron chi connectivity index (χ1n) is 10.6. The molecule has 1 N–H and O–H groups in total. The molecule has 3 aromatic carbocycles. The van der Waals surface area contributed by atoms with Crippen molar-refractivity contribution in [3.05, 3.63) is 106 Å². The van der Waals surface area contributed by atoms with Crippen molar-refractivity contribution in [1.29, 1.82) is 0 Å². The minimum Gasteiger partial charge on any atom is -0.334 e. The summed E-state index contributed by atoms with van der Waals surface area (Å²) in [6.07, 6.45) is 0. The number of nitrogens with one attached hydrogen (secondary N) is 1. The summed E-state index contributed by atoms with van der Waals surface area (Å²) >= 11 is 12.5. The third-order valence-electron chi connectivity index (χ3n) is 5.79. The van der Waals surface area contributed by atoms with Gasteiger partial charge in [-0.3, -0.25) is 4.90 Å². The molecular formula is C26H20Cl2N4O2. The van der Waals surface area contributed by atoms with Crippen LogP contribution in [0, 0.1) is 6.92 Å². The lowest BCUT2D eigenvalue weighted by atomic mass is 9.94. The van der Waals surface area contributed by atoms with Gasteiger partial charge in [0.1, 0.15) is 0 Å². The van der Waals surface area contributed by atoms with Gasteiger partial charge < -0.3 is 9.84 Å². The van der Waals surface area contributed by atoms with Crippen molar-refractivity contribution < 1.29 is 9.32 Å². The monoisotopic (exact) mass is 490 g/mol. The van der Waals surface area contributed by atoms with Gasteiger partial charge in [-0.2, -0.15) is 4.98 Å². The molecular weight excluding hydrogens is 471 g/mol. The number of allylic oxidation sites excluding steroid dienone is 1. The van der Waals surface area contributed by atoms with Crippen LogP contribution in [0.25, 0.3) is 17.0 Å². The fourth-order valence-electron chi connectivity index (χ4n) is 3.99. The molecule has 0 saturated carbocycles. The van der Waals surface area contributed by atoms with Crippen LogP contribution in [0.5, 0.6) is 0 Å². The highest BCUT2D eigenvalue weighted by molar-refractivity contribution is 6.31. The number of hydrogen-bond acceptors (Lipinski definition) is 4. The van der Waals surface area contributed by atoms with Gasteiger partial charge in [0, 0.05) is 21.3 Å². The lowest BCUT2D eigenvalue weighted by Gasteiger charge is -2.35. The van der Waals surface area contributed by atoms with E-state index in [1.807, 2.05) is 68.4 Å². The Labute approximate surface area is 206 Å². The maximum absolute atomic E-state index is 13.3. The van der Waals surface area contributed by atoms with Gasteiger partial charge in [0.25, 0.3) is 5.89 Å². The molecule has 1 atom stereocenters. The van der Waals surface area contributed by atoms with E-state index in [0.29, 0.717) is 38.7 Å². The van der Waals surface area contributed by atoms with Crippen molar-refractivity contribution in [3.8, 4) is 11.4 Å². The first-order chi connectivity index (χ1) is 16.4. The second-order valence-electron chi connectivity index (χ2n) is 7.99. The molecule has 6 nitrogen and oxygen atoms in total. The van der Waals surface area contributed by atoms with Gasteiger partial charge in [-0.25, -0.2) is 4.79 Å². The van der Waals surface area contributed by atoms with Crippen molar-refractivity contribution in [2.75, 3.05) is 4.90 Å². The molecule has 0 spiro atoms. The van der Waals surface area contributed by atoms with E-state index in [4.69, 9.17) is 27.7 Å². The van der Waals surface area contributed by atoms with E-state index in [9.17, 15) is 4.79 Å². The van der Waals surface area contributed by atoms with Crippen LogP contribution in [0.2, 0.25) is 10.0 Å². The van der Waals surface area contributed by atoms with E-state index < -0.39 is 6.04 Å². The highest BCUT2D eigenvalue weighted by atomic mass is 35.5. The number of nitrogens with zero attached hydrogens (tertiary/aromatic N) is 3. The van der Waals surface area contributed by atoms with Crippen LogP contribution in [0.1, 0.15) is 30.0 Å². The minimum absolute atomic E-state index is 0.288. The maximum Gasteiger partial charge on any atom is 0.326 e. The smallest absolute Gasteiger partial charge is 0.326 e. The van der Waals surface area contributed by atoms with Crippen LogP contribution in [0.3, 0.4) is 0 Å². The van der Waals surface area contributed by atoms with Gasteiger partial charge in [-0.05, 0) is 49.2 Å². The number of anilines is 1. The third kappa shape index (κ3) is 4.06. The fourth-order valence-corrected chi connectivity index (χ4v) is 4.30. The van der Waals surface area contributed by atoms with E-state index in [1.54, 1.807) is 23.1 Å². The molecule has 0 fully saturated rings. The number of halogens is 2. The van der Waals surface area contributed by atoms with Gasteiger partial charge in [0.2, 0.25) is 5.82 Å². The molecule has 0 aliphatic carbocycles. The first kappa shape index (κ1) is 22.2. The molecule has 5 rings (SSSR count). The molecule has 2 amide bonds. The number of aromatic nitrogens is 2. The van der Waals surface area contributed by atoms with Gasteiger partial charge in [0.15, 0.2) is 0 Å². The Morgan fingerprint density at radius 2 is 1.71 bits per heavy atom. The molecule has 34 heavy (non-hydrogen) atoms. The van der Waals surface area contributed by atoms with Crippen LogP contribution < -0.4 is 10.2 Å². The Balaban J connectivity index is 1.66. The zero-order valence-electron chi connectivity index (χ0n) is 18.4. The lowest BCUT2D eigenvalue weighted by molar-refractivity contribution is 0.244. The summed E-state index contributed by atoms with van der Waals surface area (Å²) in [7, 11) is 0. The summed E-state index contributed by atoms with van der Waals surface area (Å²) < 4.78 is 5.72. The van der Waals surface area contributed by atoms with Gasteiger partial charge in [-0.1, -0.05) is 76.9 Å². The Morgan fingerprint density at radius 1 is 0.971 bits per heavy atom. The molecule has 1 aliphatic rings. The van der Waals surface area contributed by atoms with Crippen LogP contribution in [0.4, 0.5) is 10.5 Å². The Morgan fingerprint density at radius 3 is 2.41 bits per heavy atom. The molecule has 170 valence electrons. The molecule has 4 aromatic rings. The normalized spacial score (nSPS) is 16.1. The molecule has 8 heteroatoms. The fraction of sp³-hybridized carbons (Fsp3) is 0.115. The van der Waals surface area contributed by atoms with E-state index in [-0.39, 0.29) is 6.03 Å². The number of carbonyl (C=O) groups is 1. The Hall–Kier alpha value is -3.61. The summed E-state index contributed by atoms with van der Waals surface area (Å²) in [6, 6.07) is 21.6. The summed E-state index contributed by atoms with van der Waals surface area (Å²) in [5.74, 6) is 0.784. The van der Waals surface area contributed by atoms with Crippen LogP contribution in [-0.4, -0.2) is 16.2 Å². The number of aryl methyl sites for hydroxylation is 1. The van der Waals surface area contributed by atoms with Crippen molar-refractivity contribution in [1.82, 2.24) is 15.5 Å². The quantitative estimate of drug-likeness (QED) is 0.332. The zero-order valence-corrected chi connectivity index (χ0v) is 19.9. The molecule has 0 radical (unpaired) electrons. The number of amides is 2. The standard InChI is InChI=1S/C26H20Cl2N4O2/c1-15-8-13-20(14-21(15)28)32-16(2)22(23(29-26(32)33)17-9-11-19(27)12-10-17)25-30-24(31-34-25)18-6-4-3-5-7-18/h3-14,23H,1-2H3,(H,29,33). The predicted octanol–water partition coefficient (Wildman–Crippen LogP) is 7.05. The Bertz CT molecular complexity index is 1400. The average Bonchev–Trinajstić information content (AvgIpc) is 3.32. The minimum atomic E-state index is -0.508. The number of benzene rings is 3. The number of carbonyl (C=O) groups excluding carboxylic acids is 1. The van der Waals surface area contributed by atoms with E-state index in [2.05, 4.69) is 15.5 Å². The summed E-state index contributed by atoms with van der Waals surface area (Å²) in [5.41, 5.74) is 4.59. The lowest BCUT2D eigenvalue weighted by Crippen LogP contribution is -2.46. The second kappa shape index (κ2) is 8.97. The van der Waals surface area contributed by atoms with Gasteiger partial charge in [-0.15, -0.1) is 0 Å². The number of rotatable bonds is 4. The van der Waals surface area contributed by atoms with Crippen molar-refractivity contribution in [2.45, 2.75) is 19.9 Å². The molecule has 1 aromatic heterocycles. The van der Waals surface area contributed by atoms with Crippen LogP contribution in [0.15, 0.2) is 83.0 Å². The Kier molecular flexibility index (Phi) is 5.86. The van der Waals surface area contributed by atoms with Crippen molar-refractivity contribution in [3.63, 3.8) is 0 Å². The van der Waals surface area contributed by atoms with Crippen molar-refractivity contribution in [2.24, 2.45) is 0 Å². The highest BCUT2D eigenvalue weighted by Crippen LogP contribution is 2.40. The molecule has 1 aliphatic heterocycles. The second-order valence-corrected chi connectivity index (χ2v) is 8.83. The largest absolute Gasteiger partial charge is 0.334 e. The average molecular weight is 491 g/mol. The van der Waals surface area contributed by atoms with Crippen LogP contribution in [-0.2, 0) is 0 Å². The highest BCUT2D eigenvalue weighted by Gasteiger charge is 2.36. The third-order valence-corrected chi connectivity index (χ3v) is 6.45. The molecule has 0 bridgehead atoms. The van der Waals surface area contributed by atoms with Crippen molar-refractivity contribution >= 4 is 40.5 Å². The summed E-state index contributed by atoms with van der Waals surface area (Å²) in [5, 5.41) is 8.44. The maximum atomic E-state index is 13.3. The van der Waals surface area contributed by atoms with Gasteiger partial charge in [0.05, 0.1) is 17.3 Å². The zero-order chi connectivity index (χ0) is 23.8. The van der Waals surface area contributed by atoms with Crippen LogP contribution >= 0.6 is 23.2 Å². The molecule has 0 saturated heterocycles. The SMILES string of the molecule is CC1=C(c2nc(-c3ccccc3)no2)C(c2ccc(Cl)cc2)NC(=O)N1c1ccc(C)c(Cl)c1. The molecule has 2 heterocycles. The predicted molar refractivity (Wildman–Crippen MR) is 134 cm³/mol. The number of hydrogen-bond donors (Lipinski definition) is 1. The first-order valence-corrected chi connectivity index (χ1v) is 11.4. The van der Waals surface area contributed by atoms with Gasteiger partial charge >= 0.3 is 6.03 Å². The van der Waals surface area contributed by atoms with E-state index in [1.165, 1.54) is 0 Å². The van der Waals surface area contributed by atoms with E-state index in [0.717, 1.165) is 16.7 Å². The summed E-state index contributed by atoms with van der Waals surface area (Å²) in [6.45, 7) is 3.77. The molecule has 1 unspecified atom stereocenters. The number of urea groups is 1. The van der Waals surface area contributed by atoms with E-state index >= 15 is 0 Å². The topological polar surface area (TPSA) is 71.3 Å².